The quantitative estimate of drug-likeness (QED) is 0.805. The van der Waals surface area contributed by atoms with Crippen molar-refractivity contribution in [2.75, 3.05) is 13.1 Å². The lowest BCUT2D eigenvalue weighted by Gasteiger charge is -2.14. The van der Waals surface area contributed by atoms with Gasteiger partial charge in [-0.15, -0.1) is 24.8 Å². The number of benzene rings is 1. The number of rotatable bonds is 6. The minimum atomic E-state index is -3.11. The molecular weight excluding hydrogens is 363 g/mol. The third kappa shape index (κ3) is 6.07. The van der Waals surface area contributed by atoms with E-state index in [4.69, 9.17) is 10.2 Å². The lowest BCUT2D eigenvalue weighted by atomic mass is 10.2. The smallest absolute Gasteiger partial charge is 0.277 e. The summed E-state index contributed by atoms with van der Waals surface area (Å²) in [6, 6.07) is 9.21. The van der Waals surface area contributed by atoms with Gasteiger partial charge in [0.25, 0.3) is 5.92 Å². The minimum absolute atomic E-state index is 0. The van der Waals surface area contributed by atoms with Gasteiger partial charge >= 0.3 is 0 Å². The van der Waals surface area contributed by atoms with Gasteiger partial charge in [-0.25, -0.2) is 13.8 Å². The Morgan fingerprint density at radius 1 is 1.29 bits per heavy atom. The molecule has 0 bridgehead atoms. The Morgan fingerprint density at radius 3 is 2.50 bits per heavy atom. The third-order valence-corrected chi connectivity index (χ3v) is 3.08. The van der Waals surface area contributed by atoms with Crippen LogP contribution in [0.25, 0.3) is 11.5 Å². The van der Waals surface area contributed by atoms with Crippen LogP contribution in [-0.2, 0) is 11.2 Å². The van der Waals surface area contributed by atoms with Gasteiger partial charge in [0.05, 0.1) is 25.2 Å². The molecule has 1 aromatic carbocycles. The number of aromatic nitrogens is 1. The molecule has 2 rings (SSSR count). The highest BCUT2D eigenvalue weighted by Gasteiger charge is 2.27. The van der Waals surface area contributed by atoms with Gasteiger partial charge in [-0.05, 0) is 19.1 Å². The van der Waals surface area contributed by atoms with E-state index in [2.05, 4.69) is 10.3 Å². The molecule has 24 heavy (non-hydrogen) atoms. The molecule has 2 aromatic rings. The summed E-state index contributed by atoms with van der Waals surface area (Å²) in [6.07, 6.45) is -0.122. The molecule has 0 saturated carbocycles. The summed E-state index contributed by atoms with van der Waals surface area (Å²) in [7, 11) is 0. The SMILES string of the molecule is Cc1oc(-c2ccccc2)nc1CC(=O)NCC(F)(F)CN.Cl.Cl. The first-order chi connectivity index (χ1) is 10.4. The number of nitrogens with zero attached hydrogens (tertiary/aromatic N) is 1. The number of carbonyl (C=O) groups is 1. The molecule has 0 aliphatic carbocycles. The van der Waals surface area contributed by atoms with Crippen LogP contribution < -0.4 is 11.1 Å². The predicted octanol–water partition coefficient (Wildman–Crippen LogP) is 2.75. The zero-order chi connectivity index (χ0) is 16.2. The summed E-state index contributed by atoms with van der Waals surface area (Å²) in [5, 5.41) is 2.15. The Morgan fingerprint density at radius 2 is 1.92 bits per heavy atom. The molecule has 3 N–H and O–H groups in total. The van der Waals surface area contributed by atoms with Crippen LogP contribution in [0.15, 0.2) is 34.7 Å². The van der Waals surface area contributed by atoms with Crippen molar-refractivity contribution in [1.29, 1.82) is 0 Å². The van der Waals surface area contributed by atoms with E-state index in [9.17, 15) is 13.6 Å². The van der Waals surface area contributed by atoms with Crippen LogP contribution in [0, 0.1) is 6.92 Å². The Hall–Kier alpha value is -1.70. The topological polar surface area (TPSA) is 81.2 Å². The minimum Gasteiger partial charge on any atom is -0.441 e. The van der Waals surface area contributed by atoms with Gasteiger partial charge in [-0.2, -0.15) is 0 Å². The number of amides is 1. The second-order valence-corrected chi connectivity index (χ2v) is 4.90. The molecule has 134 valence electrons. The summed E-state index contributed by atoms with van der Waals surface area (Å²) in [6.45, 7) is 0.0791. The summed E-state index contributed by atoms with van der Waals surface area (Å²) in [5.74, 6) is -2.78. The van der Waals surface area contributed by atoms with E-state index in [1.807, 2.05) is 30.3 Å². The van der Waals surface area contributed by atoms with Crippen LogP contribution in [-0.4, -0.2) is 29.9 Å². The number of carbonyl (C=O) groups excluding carboxylic acids is 1. The number of halogens is 4. The fourth-order valence-corrected chi connectivity index (χ4v) is 1.81. The van der Waals surface area contributed by atoms with Crippen molar-refractivity contribution in [3.8, 4) is 11.5 Å². The standard InChI is InChI=1S/C15H17F2N3O2.2ClH/c1-10-12(7-13(21)19-9-15(16,17)8-18)20-14(22-10)11-5-3-2-4-6-11;;/h2-6H,7-9,18H2,1H3,(H,19,21);2*1H. The molecule has 9 heteroatoms. The maximum atomic E-state index is 13.0. The van der Waals surface area contributed by atoms with E-state index in [0.29, 0.717) is 17.3 Å². The number of nitrogens with two attached hydrogens (primary N) is 1. The number of oxazole rings is 1. The van der Waals surface area contributed by atoms with Gasteiger partial charge in [0.15, 0.2) is 0 Å². The highest BCUT2D eigenvalue weighted by molar-refractivity contribution is 5.85. The van der Waals surface area contributed by atoms with Crippen LogP contribution in [0.3, 0.4) is 0 Å². The largest absolute Gasteiger partial charge is 0.441 e. The van der Waals surface area contributed by atoms with Crippen LogP contribution in [0.2, 0.25) is 0 Å². The van der Waals surface area contributed by atoms with Crippen molar-refractivity contribution < 1.29 is 18.0 Å². The maximum absolute atomic E-state index is 13.0. The van der Waals surface area contributed by atoms with Gasteiger partial charge in [-0.3, -0.25) is 4.79 Å². The fourth-order valence-electron chi connectivity index (χ4n) is 1.81. The van der Waals surface area contributed by atoms with Gasteiger partial charge in [0, 0.05) is 5.56 Å². The number of hydrogen-bond acceptors (Lipinski definition) is 4. The van der Waals surface area contributed by atoms with Crippen molar-refractivity contribution in [2.24, 2.45) is 5.73 Å². The fraction of sp³-hybridized carbons (Fsp3) is 0.333. The van der Waals surface area contributed by atoms with Crippen molar-refractivity contribution in [1.82, 2.24) is 10.3 Å². The molecule has 0 saturated heterocycles. The Labute approximate surface area is 150 Å². The van der Waals surface area contributed by atoms with Gasteiger partial charge in [0.1, 0.15) is 5.76 Å². The molecule has 0 unspecified atom stereocenters. The Balaban J connectivity index is 0.00000264. The summed E-state index contributed by atoms with van der Waals surface area (Å²) >= 11 is 0. The van der Waals surface area contributed by atoms with E-state index in [-0.39, 0.29) is 31.2 Å². The number of hydrogen-bond donors (Lipinski definition) is 2. The second-order valence-electron chi connectivity index (χ2n) is 4.90. The Kier molecular flexibility index (Phi) is 8.88. The average Bonchev–Trinajstić information content (AvgIpc) is 2.87. The summed E-state index contributed by atoms with van der Waals surface area (Å²) in [4.78, 5) is 16.0. The van der Waals surface area contributed by atoms with Crippen LogP contribution in [0.5, 0.6) is 0 Å². The van der Waals surface area contributed by atoms with Gasteiger partial charge in [0.2, 0.25) is 11.8 Å². The first kappa shape index (κ1) is 22.3. The number of nitrogens with one attached hydrogen (secondary N) is 1. The zero-order valence-electron chi connectivity index (χ0n) is 12.9. The highest BCUT2D eigenvalue weighted by Crippen LogP contribution is 2.21. The number of aryl methyl sites for hydroxylation is 1. The van der Waals surface area contributed by atoms with Crippen molar-refractivity contribution in [2.45, 2.75) is 19.3 Å². The van der Waals surface area contributed by atoms with E-state index in [0.717, 1.165) is 5.56 Å². The number of alkyl halides is 2. The summed E-state index contributed by atoms with van der Waals surface area (Å²) < 4.78 is 31.5. The molecule has 0 aliphatic rings. The van der Waals surface area contributed by atoms with Crippen molar-refractivity contribution in [3.05, 3.63) is 41.8 Å². The van der Waals surface area contributed by atoms with Crippen LogP contribution in [0.4, 0.5) is 8.78 Å². The molecule has 1 heterocycles. The second kappa shape index (κ2) is 9.56. The highest BCUT2D eigenvalue weighted by atomic mass is 35.5. The normalized spacial score (nSPS) is 10.5. The lowest BCUT2D eigenvalue weighted by Crippen LogP contribution is -2.42. The van der Waals surface area contributed by atoms with Gasteiger partial charge in [-0.1, -0.05) is 18.2 Å². The van der Waals surface area contributed by atoms with Crippen LogP contribution in [0.1, 0.15) is 11.5 Å². The third-order valence-electron chi connectivity index (χ3n) is 3.08. The molecule has 0 radical (unpaired) electrons. The molecule has 0 fully saturated rings. The molecule has 0 aliphatic heterocycles. The monoisotopic (exact) mass is 381 g/mol. The molecular formula is C15H19Cl2F2N3O2. The molecule has 1 amide bonds. The Bertz CT molecular complexity index is 651. The predicted molar refractivity (Wildman–Crippen MR) is 91.9 cm³/mol. The maximum Gasteiger partial charge on any atom is 0.277 e. The molecule has 0 spiro atoms. The zero-order valence-corrected chi connectivity index (χ0v) is 14.6. The molecule has 5 nitrogen and oxygen atoms in total. The molecule has 1 aromatic heterocycles. The first-order valence-corrected chi connectivity index (χ1v) is 6.77. The van der Waals surface area contributed by atoms with E-state index >= 15 is 0 Å². The summed E-state index contributed by atoms with van der Waals surface area (Å²) in [5.41, 5.74) is 6.12. The van der Waals surface area contributed by atoms with Crippen molar-refractivity contribution >= 4 is 30.7 Å². The molecule has 0 atom stereocenters. The first-order valence-electron chi connectivity index (χ1n) is 6.77. The average molecular weight is 382 g/mol. The lowest BCUT2D eigenvalue weighted by molar-refractivity contribution is -0.122. The van der Waals surface area contributed by atoms with Crippen LogP contribution >= 0.6 is 24.8 Å². The van der Waals surface area contributed by atoms with E-state index < -0.39 is 24.9 Å². The van der Waals surface area contributed by atoms with E-state index in [1.165, 1.54) is 0 Å². The van der Waals surface area contributed by atoms with Crippen molar-refractivity contribution in [3.63, 3.8) is 0 Å². The van der Waals surface area contributed by atoms with Gasteiger partial charge < -0.3 is 15.5 Å². The van der Waals surface area contributed by atoms with E-state index in [1.54, 1.807) is 6.92 Å².